The third-order valence-corrected chi connectivity index (χ3v) is 5.26. The molecule has 2 heterocycles. The van der Waals surface area contributed by atoms with Gasteiger partial charge >= 0.3 is 0 Å². The Bertz CT molecular complexity index is 678. The van der Waals surface area contributed by atoms with Gasteiger partial charge in [-0.05, 0) is 24.8 Å². The molecule has 2 aliphatic rings. The topological polar surface area (TPSA) is 104 Å². The minimum Gasteiger partial charge on any atom is -0.349 e. The zero-order chi connectivity index (χ0) is 17.2. The van der Waals surface area contributed by atoms with E-state index < -0.39 is 10.0 Å². The quantitative estimate of drug-likeness (QED) is 0.719. The number of carbonyl (C=O) groups excluding carboxylic acids is 1. The van der Waals surface area contributed by atoms with Crippen molar-refractivity contribution in [3.63, 3.8) is 0 Å². The highest BCUT2D eigenvalue weighted by molar-refractivity contribution is 7.88. The van der Waals surface area contributed by atoms with Crippen LogP contribution in [0.25, 0.3) is 0 Å². The summed E-state index contributed by atoms with van der Waals surface area (Å²) >= 11 is 0. The van der Waals surface area contributed by atoms with E-state index in [4.69, 9.17) is 0 Å². The van der Waals surface area contributed by atoms with Crippen molar-refractivity contribution in [2.24, 2.45) is 11.8 Å². The highest BCUT2D eigenvalue weighted by Gasteiger charge is 2.43. The number of sulfonamides is 1. The molecule has 1 aromatic heterocycles. The predicted octanol–water partition coefficient (Wildman–Crippen LogP) is 0.0648. The second-order valence-corrected chi connectivity index (χ2v) is 8.37. The predicted molar refractivity (Wildman–Crippen MR) is 89.7 cm³/mol. The number of hydrogen-bond acceptors (Lipinski definition) is 6. The lowest BCUT2D eigenvalue weighted by molar-refractivity contribution is -0.130. The van der Waals surface area contributed by atoms with E-state index in [1.165, 1.54) is 12.8 Å². The minimum absolute atomic E-state index is 0.0184. The zero-order valence-corrected chi connectivity index (χ0v) is 14.5. The maximum absolute atomic E-state index is 12.3. The van der Waals surface area contributed by atoms with Gasteiger partial charge in [-0.25, -0.2) is 23.1 Å². The average Bonchev–Trinajstić information content (AvgIpc) is 3.28. The molecule has 2 N–H and O–H groups in total. The molecule has 1 saturated carbocycles. The summed E-state index contributed by atoms with van der Waals surface area (Å²) in [6.07, 6.45) is 7.06. The van der Waals surface area contributed by atoms with Crippen LogP contribution in [-0.4, -0.2) is 61.1 Å². The lowest BCUT2D eigenvalue weighted by Gasteiger charge is -2.18. The Labute approximate surface area is 142 Å². The van der Waals surface area contributed by atoms with E-state index in [1.54, 1.807) is 18.5 Å². The van der Waals surface area contributed by atoms with E-state index in [9.17, 15) is 13.2 Å². The molecule has 1 aliphatic heterocycles. The summed E-state index contributed by atoms with van der Waals surface area (Å²) in [6, 6.07) is 1.91. The van der Waals surface area contributed by atoms with Gasteiger partial charge in [0.05, 0.1) is 12.3 Å². The van der Waals surface area contributed by atoms with Crippen molar-refractivity contribution >= 4 is 21.9 Å². The number of nitrogens with one attached hydrogen (secondary N) is 2. The van der Waals surface area contributed by atoms with Crippen LogP contribution in [0.2, 0.25) is 0 Å². The number of anilines is 1. The number of hydrogen-bond donors (Lipinski definition) is 2. The van der Waals surface area contributed by atoms with Crippen LogP contribution in [0.1, 0.15) is 19.3 Å². The molecule has 1 amide bonds. The minimum atomic E-state index is -3.26. The van der Waals surface area contributed by atoms with E-state index in [0.717, 1.165) is 6.26 Å². The van der Waals surface area contributed by atoms with E-state index in [1.807, 2.05) is 4.90 Å². The maximum atomic E-state index is 12.3. The first kappa shape index (κ1) is 17.1. The molecule has 2 atom stereocenters. The highest BCUT2D eigenvalue weighted by atomic mass is 32.2. The van der Waals surface area contributed by atoms with Gasteiger partial charge in [-0.2, -0.15) is 0 Å². The fourth-order valence-electron chi connectivity index (χ4n) is 3.23. The fourth-order valence-corrected chi connectivity index (χ4v) is 3.70. The molecular formula is C15H23N5O3S. The van der Waals surface area contributed by atoms with E-state index in [2.05, 4.69) is 20.0 Å². The van der Waals surface area contributed by atoms with Crippen molar-refractivity contribution in [2.75, 3.05) is 31.2 Å². The molecule has 2 fully saturated rings. The molecule has 0 unspecified atom stereocenters. The lowest BCUT2D eigenvalue weighted by atomic mass is 9.98. The third kappa shape index (κ3) is 4.64. The summed E-state index contributed by atoms with van der Waals surface area (Å²) in [5.41, 5.74) is 0. The van der Waals surface area contributed by atoms with Gasteiger partial charge in [0.25, 0.3) is 0 Å². The molecule has 1 aromatic rings. The van der Waals surface area contributed by atoms with Crippen molar-refractivity contribution in [1.29, 1.82) is 0 Å². The number of aromatic nitrogens is 2. The molecule has 0 aromatic carbocycles. The van der Waals surface area contributed by atoms with Gasteiger partial charge in [-0.15, -0.1) is 0 Å². The summed E-state index contributed by atoms with van der Waals surface area (Å²) in [4.78, 5) is 22.6. The first-order valence-corrected chi connectivity index (χ1v) is 10.1. The van der Waals surface area contributed by atoms with Gasteiger partial charge in [0, 0.05) is 44.4 Å². The van der Waals surface area contributed by atoms with Crippen LogP contribution in [0.3, 0.4) is 0 Å². The van der Waals surface area contributed by atoms with Crippen LogP contribution in [0.5, 0.6) is 0 Å². The Morgan fingerprint density at radius 1 is 1.29 bits per heavy atom. The van der Waals surface area contributed by atoms with Crippen LogP contribution >= 0.6 is 0 Å². The summed E-state index contributed by atoms with van der Waals surface area (Å²) in [5, 5.41) is 3.35. The molecule has 0 radical (unpaired) electrons. The Balaban J connectivity index is 1.57. The van der Waals surface area contributed by atoms with Gasteiger partial charge in [0.2, 0.25) is 21.9 Å². The second kappa shape index (κ2) is 7.02. The molecule has 24 heavy (non-hydrogen) atoms. The van der Waals surface area contributed by atoms with Gasteiger partial charge in [0.15, 0.2) is 0 Å². The molecule has 1 saturated heterocycles. The molecule has 0 bridgehead atoms. The van der Waals surface area contributed by atoms with Gasteiger partial charge in [0.1, 0.15) is 0 Å². The van der Waals surface area contributed by atoms with Crippen molar-refractivity contribution in [2.45, 2.75) is 25.3 Å². The van der Waals surface area contributed by atoms with E-state index in [-0.39, 0.29) is 24.9 Å². The van der Waals surface area contributed by atoms with Crippen molar-refractivity contribution < 1.29 is 13.2 Å². The normalized spacial score (nSPS) is 24.1. The van der Waals surface area contributed by atoms with Crippen molar-refractivity contribution in [3.05, 3.63) is 18.5 Å². The zero-order valence-electron chi connectivity index (χ0n) is 13.7. The summed E-state index contributed by atoms with van der Waals surface area (Å²) < 4.78 is 24.5. The number of amides is 1. The van der Waals surface area contributed by atoms with Gasteiger partial charge < -0.3 is 10.2 Å². The number of likely N-dealkylation sites (tertiary alicyclic amines) is 1. The van der Waals surface area contributed by atoms with E-state index >= 15 is 0 Å². The first-order valence-electron chi connectivity index (χ1n) is 8.18. The fraction of sp³-hybridized carbons (Fsp3) is 0.667. The Morgan fingerprint density at radius 3 is 2.62 bits per heavy atom. The van der Waals surface area contributed by atoms with Crippen molar-refractivity contribution in [3.8, 4) is 0 Å². The smallest absolute Gasteiger partial charge is 0.223 e. The number of nitrogens with zero attached hydrogens (tertiary/aromatic N) is 3. The van der Waals surface area contributed by atoms with Crippen LogP contribution < -0.4 is 10.0 Å². The monoisotopic (exact) mass is 353 g/mol. The van der Waals surface area contributed by atoms with Gasteiger partial charge in [-0.1, -0.05) is 0 Å². The highest BCUT2D eigenvalue weighted by Crippen LogP contribution is 2.42. The molecule has 132 valence electrons. The first-order chi connectivity index (χ1) is 11.4. The summed E-state index contributed by atoms with van der Waals surface area (Å²) in [6.45, 7) is 1.46. The standard InChI is InChI=1S/C15H23N5O3S/c1-24(22,23)18-8-5-14(21)20-9-12(11-3-4-11)13(10-20)19-15-16-6-2-7-17-15/h2,6-7,11-13,18H,3-5,8-10H2,1H3,(H,16,17,19)/t12-,13+/m1/s1. The summed E-state index contributed by atoms with van der Waals surface area (Å²) in [5.74, 6) is 1.62. The lowest BCUT2D eigenvalue weighted by Crippen LogP contribution is -2.34. The number of rotatable bonds is 7. The van der Waals surface area contributed by atoms with Crippen LogP contribution in [0, 0.1) is 11.8 Å². The SMILES string of the molecule is CS(=O)(=O)NCCC(=O)N1C[C@H](Nc2ncccn2)[C@@H](C2CC2)C1. The van der Waals surface area contributed by atoms with Crippen molar-refractivity contribution in [1.82, 2.24) is 19.6 Å². The molecular weight excluding hydrogens is 330 g/mol. The molecule has 0 spiro atoms. The molecule has 9 heteroatoms. The van der Waals surface area contributed by atoms with Gasteiger partial charge in [-0.3, -0.25) is 4.79 Å². The van der Waals surface area contributed by atoms with E-state index in [0.29, 0.717) is 30.9 Å². The summed E-state index contributed by atoms with van der Waals surface area (Å²) in [7, 11) is -3.26. The molecule has 3 rings (SSSR count). The Hall–Kier alpha value is -1.74. The van der Waals surface area contributed by atoms with Crippen LogP contribution in [-0.2, 0) is 14.8 Å². The number of carbonyl (C=O) groups is 1. The maximum Gasteiger partial charge on any atom is 0.223 e. The Kier molecular flexibility index (Phi) is 5.00. The third-order valence-electron chi connectivity index (χ3n) is 4.53. The average molecular weight is 353 g/mol. The van der Waals surface area contributed by atoms with Crippen LogP contribution in [0.4, 0.5) is 5.95 Å². The Morgan fingerprint density at radius 2 is 2.00 bits per heavy atom. The molecule has 8 nitrogen and oxygen atoms in total. The largest absolute Gasteiger partial charge is 0.349 e. The second-order valence-electron chi connectivity index (χ2n) is 6.54. The molecule has 1 aliphatic carbocycles. The van der Waals surface area contributed by atoms with Crippen LogP contribution in [0.15, 0.2) is 18.5 Å².